The molecule has 21 nitrogen and oxygen atoms in total. The van der Waals surface area contributed by atoms with Gasteiger partial charge in [0, 0.05) is 0 Å². The Hall–Kier alpha value is -4.77. The van der Waals surface area contributed by atoms with Gasteiger partial charge in [0.1, 0.15) is 46.2 Å². The molecule has 0 spiro atoms. The number of carbonyl (C=O) groups excluding carboxylic acids is 7. The van der Waals surface area contributed by atoms with E-state index in [1.165, 1.54) is 96.9 Å². The first kappa shape index (κ1) is 87.2. The second-order valence-corrected chi connectivity index (χ2v) is 32.0. The molecule has 0 aliphatic carbocycles. The van der Waals surface area contributed by atoms with Crippen LogP contribution < -0.4 is 0 Å². The summed E-state index contributed by atoms with van der Waals surface area (Å²) in [5, 5.41) is 78.8. The Morgan fingerprint density at radius 2 is 0.489 bits per heavy atom. The number of hydrogen-bond acceptors (Lipinski definition) is 21. The number of benzene rings is 1. The lowest BCUT2D eigenvalue weighted by atomic mass is 9.57. The summed E-state index contributed by atoms with van der Waals surface area (Å²) in [6.45, 7) is 32.0. The second-order valence-electron chi connectivity index (χ2n) is 32.0. The second kappa shape index (κ2) is 34.1. The molecule has 0 radical (unpaired) electrons. The molecule has 14 atom stereocenters. The van der Waals surface area contributed by atoms with Gasteiger partial charge in [0.25, 0.3) is 0 Å². The van der Waals surface area contributed by atoms with Crippen LogP contribution in [0.1, 0.15) is 267 Å². The Labute approximate surface area is 562 Å². The number of rotatable bonds is 44. The average molecular weight is 1340 g/mol. The molecule has 544 valence electrons. The van der Waals surface area contributed by atoms with Crippen LogP contribution in [0.5, 0.6) is 0 Å². The van der Waals surface area contributed by atoms with E-state index in [-0.39, 0.29) is 57.3 Å². The van der Waals surface area contributed by atoms with Gasteiger partial charge in [-0.25, -0.2) is 0 Å². The fraction of sp³-hybridized carbons (Fsp3) is 0.822. The molecule has 1 aromatic rings. The van der Waals surface area contributed by atoms with Crippen molar-refractivity contribution in [3.63, 3.8) is 0 Å². The van der Waals surface area contributed by atoms with Gasteiger partial charge in [0.15, 0.2) is 0 Å². The van der Waals surface area contributed by atoms with Gasteiger partial charge < -0.3 is 68.9 Å². The lowest BCUT2D eigenvalue weighted by Gasteiger charge is -2.47. The van der Waals surface area contributed by atoms with E-state index in [1.807, 2.05) is 37.3 Å². The van der Waals surface area contributed by atoms with Crippen LogP contribution in [0.3, 0.4) is 0 Å². The van der Waals surface area contributed by atoms with Gasteiger partial charge in [0.2, 0.25) is 0 Å². The highest BCUT2D eigenvalue weighted by atomic mass is 16.6. The fourth-order valence-corrected chi connectivity index (χ4v) is 11.9. The number of hydrogen-bond donors (Lipinski definition) is 7. The quantitative estimate of drug-likeness (QED) is 0.0236. The highest BCUT2D eigenvalue weighted by Gasteiger charge is 2.60. The van der Waals surface area contributed by atoms with E-state index in [9.17, 15) is 40.5 Å². The molecular formula is C73H126O21. The molecule has 0 fully saturated rings. The maximum atomic E-state index is 15.8. The zero-order valence-corrected chi connectivity index (χ0v) is 61.9. The largest absolute Gasteiger partial charge is 0.462 e. The lowest BCUT2D eigenvalue weighted by molar-refractivity contribution is -0.184. The molecule has 0 saturated heterocycles. The molecule has 0 amide bonds. The van der Waals surface area contributed by atoms with Crippen LogP contribution in [-0.4, -0.2) is 163 Å². The summed E-state index contributed by atoms with van der Waals surface area (Å²) < 4.78 is 41.9. The van der Waals surface area contributed by atoms with E-state index < -0.39 is 204 Å². The molecule has 1 aromatic carbocycles. The van der Waals surface area contributed by atoms with Crippen LogP contribution in [0, 0.1) is 37.9 Å². The monoisotopic (exact) mass is 1340 g/mol. The topological polar surface area (TPSA) is 326 Å². The zero-order chi connectivity index (χ0) is 73.2. The first-order chi connectivity index (χ1) is 42.6. The van der Waals surface area contributed by atoms with Crippen LogP contribution >= 0.6 is 0 Å². The third kappa shape index (κ3) is 26.9. The van der Waals surface area contributed by atoms with Crippen LogP contribution in [0.25, 0.3) is 0 Å². The molecule has 21 heteroatoms. The molecule has 0 aromatic heterocycles. The molecule has 0 aliphatic heterocycles. The Balaban J connectivity index is 4.98. The minimum absolute atomic E-state index is 0.0503. The maximum absolute atomic E-state index is 15.8. The molecule has 94 heavy (non-hydrogen) atoms. The first-order valence-electron chi connectivity index (χ1n) is 33.9. The SMILES string of the molecule is CCC(CC(C)(CC(C)(CC(C)(CC(C)(CC(C)(CC(C)(CC(C)(C)C(=O)OCC(C)(O)CC)C(=O)OCC(C)(O)CC)C(=O)OCC(C)(O)CC)C(=O)OCC(C)(O)CC)C(=O)OCC(C)(O)CC)C(=O)OCC(C)(O)CC)C(=O)OCC(C)(O)CC)c1ccccc1. The van der Waals surface area contributed by atoms with Gasteiger partial charge in [-0.05, 0) is 212 Å². The van der Waals surface area contributed by atoms with Gasteiger partial charge in [-0.2, -0.15) is 0 Å². The first-order valence-corrected chi connectivity index (χ1v) is 33.9. The Kier molecular flexibility index (Phi) is 31.7. The highest BCUT2D eigenvalue weighted by Crippen LogP contribution is 2.56. The van der Waals surface area contributed by atoms with Crippen molar-refractivity contribution in [2.24, 2.45) is 37.9 Å². The van der Waals surface area contributed by atoms with Crippen molar-refractivity contribution in [1.82, 2.24) is 0 Å². The Bertz CT molecular complexity index is 2620. The van der Waals surface area contributed by atoms with Gasteiger partial charge in [0.05, 0.1) is 77.1 Å². The summed E-state index contributed by atoms with van der Waals surface area (Å²) in [4.78, 5) is 107. The smallest absolute Gasteiger partial charge is 0.311 e. The standard InChI is InChI=1S/C73H126O21/c1-24-51(52-35-33-32-34-36-52)37-61(11,54(75)89-45-68(18,82)26-3)39-63(13,56(77)91-47-70(20,84)28-5)41-65(15,58(79)93-49-72(22,86)30-7)43-66(16,59(80)94-50-73(23,87)31-8)42-64(14,57(78)92-48-71(21,85)29-6)40-62(12,55(76)90-46-69(19,83)27-4)38-60(9,10)53(74)88-44-67(17,81)25-2/h32-36,51,81-87H,24-31,37-50H2,1-23H3. The van der Waals surface area contributed by atoms with Crippen molar-refractivity contribution in [2.75, 3.05) is 46.2 Å². The normalized spacial score (nSPS) is 20.8. The van der Waals surface area contributed by atoms with Crippen molar-refractivity contribution in [3.05, 3.63) is 35.9 Å². The van der Waals surface area contributed by atoms with E-state index in [0.29, 0.717) is 6.42 Å². The van der Waals surface area contributed by atoms with Crippen LogP contribution in [0.2, 0.25) is 0 Å². The molecule has 0 aliphatic rings. The van der Waals surface area contributed by atoms with Crippen LogP contribution in [0.15, 0.2) is 30.3 Å². The fourth-order valence-electron chi connectivity index (χ4n) is 11.9. The number of carbonyl (C=O) groups is 7. The summed E-state index contributed by atoms with van der Waals surface area (Å²) in [5.41, 5.74) is -23.7. The average Bonchev–Trinajstić information content (AvgIpc) is 0.758. The Morgan fingerprint density at radius 3 is 0.702 bits per heavy atom. The minimum atomic E-state index is -2.20. The predicted octanol–water partition coefficient (Wildman–Crippen LogP) is 10.9. The molecule has 0 bridgehead atoms. The summed E-state index contributed by atoms with van der Waals surface area (Å²) in [7, 11) is 0. The van der Waals surface area contributed by atoms with E-state index in [2.05, 4.69) is 0 Å². The van der Waals surface area contributed by atoms with Crippen molar-refractivity contribution >= 4 is 41.8 Å². The molecule has 0 heterocycles. The number of esters is 7. The summed E-state index contributed by atoms with van der Waals surface area (Å²) in [6.07, 6.45) is -1.96. The van der Waals surface area contributed by atoms with E-state index in [0.717, 1.165) is 5.56 Å². The number of ether oxygens (including phenoxy) is 7. The van der Waals surface area contributed by atoms with Crippen molar-refractivity contribution in [1.29, 1.82) is 0 Å². The lowest BCUT2D eigenvalue weighted by Crippen LogP contribution is -2.52. The van der Waals surface area contributed by atoms with Gasteiger partial charge in [-0.15, -0.1) is 0 Å². The van der Waals surface area contributed by atoms with E-state index in [1.54, 1.807) is 55.4 Å². The summed E-state index contributed by atoms with van der Waals surface area (Å²) in [5.74, 6) is -7.17. The predicted molar refractivity (Wildman–Crippen MR) is 357 cm³/mol. The summed E-state index contributed by atoms with van der Waals surface area (Å²) >= 11 is 0. The van der Waals surface area contributed by atoms with Gasteiger partial charge in [-0.1, -0.05) is 85.7 Å². The highest BCUT2D eigenvalue weighted by molar-refractivity contribution is 5.86. The Morgan fingerprint density at radius 1 is 0.298 bits per heavy atom. The van der Waals surface area contributed by atoms with Crippen LogP contribution in [0.4, 0.5) is 0 Å². The van der Waals surface area contributed by atoms with Crippen molar-refractivity contribution in [2.45, 2.75) is 301 Å². The van der Waals surface area contributed by atoms with E-state index in [4.69, 9.17) is 33.2 Å². The molecular weight excluding hydrogens is 1210 g/mol. The third-order valence-corrected chi connectivity index (χ3v) is 19.6. The molecule has 0 saturated carbocycles. The summed E-state index contributed by atoms with van der Waals surface area (Å²) in [6, 6.07) is 9.38. The molecule has 7 N–H and O–H groups in total. The minimum Gasteiger partial charge on any atom is -0.462 e. The molecule has 1 rings (SSSR count). The van der Waals surface area contributed by atoms with Crippen molar-refractivity contribution in [3.8, 4) is 0 Å². The van der Waals surface area contributed by atoms with E-state index >= 15 is 28.8 Å². The zero-order valence-electron chi connectivity index (χ0n) is 61.9. The molecule has 14 unspecified atom stereocenters. The third-order valence-electron chi connectivity index (χ3n) is 19.6. The number of aliphatic hydroxyl groups is 7. The van der Waals surface area contributed by atoms with Crippen LogP contribution in [-0.2, 0) is 66.7 Å². The van der Waals surface area contributed by atoms with Gasteiger partial charge >= 0.3 is 41.8 Å². The van der Waals surface area contributed by atoms with Crippen molar-refractivity contribution < 1.29 is 102 Å². The maximum Gasteiger partial charge on any atom is 0.311 e. The van der Waals surface area contributed by atoms with Gasteiger partial charge in [-0.3, -0.25) is 33.6 Å².